The first-order valence-corrected chi connectivity index (χ1v) is 10.3. The van der Waals surface area contributed by atoms with E-state index in [1.54, 1.807) is 44.2 Å². The van der Waals surface area contributed by atoms with E-state index in [-0.39, 0.29) is 25.7 Å². The topological polar surface area (TPSA) is 85.2 Å². The highest BCUT2D eigenvalue weighted by atomic mass is 16.7. The smallest absolute Gasteiger partial charge is 0.346 e. The zero-order valence-electron chi connectivity index (χ0n) is 17.6. The van der Waals surface area contributed by atoms with Crippen molar-refractivity contribution in [3.63, 3.8) is 0 Å². The zero-order chi connectivity index (χ0) is 21.0. The van der Waals surface area contributed by atoms with Gasteiger partial charge in [0, 0.05) is 13.2 Å². The van der Waals surface area contributed by atoms with Crippen LogP contribution in [0.4, 0.5) is 0 Å². The molecule has 0 spiro atoms. The quantitative estimate of drug-likeness (QED) is 0.369. The molecule has 0 aliphatic heterocycles. The molecule has 0 saturated heterocycles. The number of aliphatic hydroxyl groups is 2. The number of benzene rings is 1. The van der Waals surface area contributed by atoms with E-state index in [4.69, 9.17) is 14.2 Å². The molecule has 0 saturated carbocycles. The molecular formula is C22H36O6. The van der Waals surface area contributed by atoms with Crippen molar-refractivity contribution in [2.75, 3.05) is 19.8 Å². The largest absolute Gasteiger partial charge is 0.463 e. The average Bonchev–Trinajstić information content (AvgIpc) is 2.73. The van der Waals surface area contributed by atoms with Crippen molar-refractivity contribution in [2.24, 2.45) is 5.92 Å². The zero-order valence-corrected chi connectivity index (χ0v) is 17.6. The molecule has 0 aromatic heterocycles. The standard InChI is InChI=1S/C22H36O6/c1-5-9-13-17(6-2)16-28-20(24)22(25,21(26-7-3)27-8-4)19(23)18-14-11-10-12-15-18/h10-12,14-15,17,19,21,23,25H,5-9,13,16H2,1-4H3. The second kappa shape index (κ2) is 12.9. The molecule has 0 fully saturated rings. The molecule has 0 aliphatic rings. The van der Waals surface area contributed by atoms with Gasteiger partial charge in [0.2, 0.25) is 5.60 Å². The van der Waals surface area contributed by atoms with E-state index >= 15 is 0 Å². The first-order chi connectivity index (χ1) is 13.4. The molecule has 1 aromatic rings. The number of ether oxygens (including phenoxy) is 3. The van der Waals surface area contributed by atoms with E-state index in [2.05, 4.69) is 6.92 Å². The van der Waals surface area contributed by atoms with Gasteiger partial charge in [0.15, 0.2) is 6.29 Å². The van der Waals surface area contributed by atoms with Gasteiger partial charge in [-0.1, -0.05) is 63.4 Å². The van der Waals surface area contributed by atoms with Gasteiger partial charge in [0.1, 0.15) is 6.10 Å². The van der Waals surface area contributed by atoms with Gasteiger partial charge in [-0.05, 0) is 31.7 Å². The second-order valence-electron chi connectivity index (χ2n) is 6.90. The maximum atomic E-state index is 13.0. The van der Waals surface area contributed by atoms with E-state index in [1.165, 1.54) is 0 Å². The minimum atomic E-state index is -2.38. The fourth-order valence-electron chi connectivity index (χ4n) is 3.04. The summed E-state index contributed by atoms with van der Waals surface area (Å²) < 4.78 is 16.4. The number of rotatable bonds is 14. The van der Waals surface area contributed by atoms with Crippen LogP contribution in [0.3, 0.4) is 0 Å². The van der Waals surface area contributed by atoms with Crippen molar-refractivity contribution in [1.29, 1.82) is 0 Å². The molecule has 3 atom stereocenters. The maximum absolute atomic E-state index is 13.0. The lowest BCUT2D eigenvalue weighted by atomic mass is 9.90. The second-order valence-corrected chi connectivity index (χ2v) is 6.90. The molecule has 3 unspecified atom stereocenters. The summed E-state index contributed by atoms with van der Waals surface area (Å²) in [5.41, 5.74) is -2.00. The van der Waals surface area contributed by atoms with Crippen LogP contribution < -0.4 is 0 Å². The van der Waals surface area contributed by atoms with Crippen LogP contribution in [-0.2, 0) is 19.0 Å². The van der Waals surface area contributed by atoms with Crippen LogP contribution in [0.5, 0.6) is 0 Å². The number of hydrogen-bond acceptors (Lipinski definition) is 6. The summed E-state index contributed by atoms with van der Waals surface area (Å²) in [6.45, 7) is 8.20. The molecular weight excluding hydrogens is 360 g/mol. The Morgan fingerprint density at radius 2 is 1.68 bits per heavy atom. The van der Waals surface area contributed by atoms with Gasteiger partial charge in [0.05, 0.1) is 6.61 Å². The van der Waals surface area contributed by atoms with Crippen molar-refractivity contribution in [2.45, 2.75) is 71.4 Å². The number of carbonyl (C=O) groups is 1. The monoisotopic (exact) mass is 396 g/mol. The van der Waals surface area contributed by atoms with Gasteiger partial charge in [-0.25, -0.2) is 4.79 Å². The first-order valence-electron chi connectivity index (χ1n) is 10.3. The van der Waals surface area contributed by atoms with Crippen LogP contribution in [0.15, 0.2) is 30.3 Å². The summed E-state index contributed by atoms with van der Waals surface area (Å²) in [4.78, 5) is 13.0. The van der Waals surface area contributed by atoms with Crippen LogP contribution in [0.1, 0.15) is 65.0 Å². The molecule has 1 rings (SSSR count). The Bertz CT molecular complexity index is 543. The van der Waals surface area contributed by atoms with E-state index in [9.17, 15) is 15.0 Å². The summed E-state index contributed by atoms with van der Waals surface area (Å²) in [7, 11) is 0. The summed E-state index contributed by atoms with van der Waals surface area (Å²) in [5.74, 6) is -0.731. The lowest BCUT2D eigenvalue weighted by molar-refractivity contribution is -0.267. The lowest BCUT2D eigenvalue weighted by Crippen LogP contribution is -2.57. The Hall–Kier alpha value is -1.47. The highest BCUT2D eigenvalue weighted by Gasteiger charge is 2.54. The average molecular weight is 397 g/mol. The van der Waals surface area contributed by atoms with Gasteiger partial charge in [0.25, 0.3) is 0 Å². The third kappa shape index (κ3) is 6.55. The summed E-state index contributed by atoms with van der Waals surface area (Å²) in [6.07, 6.45) is 1.03. The fraction of sp³-hybridized carbons (Fsp3) is 0.682. The molecule has 0 heterocycles. The number of unbranched alkanes of at least 4 members (excludes halogenated alkanes) is 1. The number of hydrogen-bond donors (Lipinski definition) is 2. The molecule has 1 aromatic carbocycles. The van der Waals surface area contributed by atoms with Gasteiger partial charge in [-0.2, -0.15) is 0 Å². The van der Waals surface area contributed by atoms with Gasteiger partial charge in [-0.15, -0.1) is 0 Å². The molecule has 0 bridgehead atoms. The Kier molecular flexibility index (Phi) is 11.3. The van der Waals surface area contributed by atoms with E-state index in [1.807, 2.05) is 6.92 Å². The molecule has 2 N–H and O–H groups in total. The van der Waals surface area contributed by atoms with Crippen LogP contribution in [0.2, 0.25) is 0 Å². The normalized spacial score (nSPS) is 15.8. The Labute approximate surface area is 168 Å². The minimum Gasteiger partial charge on any atom is -0.463 e. The lowest BCUT2D eigenvalue weighted by Gasteiger charge is -2.37. The number of carbonyl (C=O) groups excluding carboxylic acids is 1. The molecule has 160 valence electrons. The van der Waals surface area contributed by atoms with Gasteiger partial charge >= 0.3 is 5.97 Å². The van der Waals surface area contributed by atoms with Crippen LogP contribution in [-0.4, -0.2) is 47.9 Å². The van der Waals surface area contributed by atoms with Crippen molar-refractivity contribution in [3.05, 3.63) is 35.9 Å². The third-order valence-corrected chi connectivity index (χ3v) is 4.85. The van der Waals surface area contributed by atoms with Crippen molar-refractivity contribution in [3.8, 4) is 0 Å². The third-order valence-electron chi connectivity index (χ3n) is 4.85. The predicted octanol–water partition coefficient (Wildman–Crippen LogP) is 3.61. The minimum absolute atomic E-state index is 0.185. The number of esters is 1. The van der Waals surface area contributed by atoms with Crippen molar-refractivity contribution >= 4 is 5.97 Å². The van der Waals surface area contributed by atoms with Crippen LogP contribution in [0, 0.1) is 5.92 Å². The van der Waals surface area contributed by atoms with E-state index in [0.29, 0.717) is 5.56 Å². The Balaban J connectivity index is 3.09. The molecule has 0 radical (unpaired) electrons. The van der Waals surface area contributed by atoms with Crippen molar-refractivity contribution < 1.29 is 29.2 Å². The summed E-state index contributed by atoms with van der Waals surface area (Å²) in [6, 6.07) is 8.49. The molecule has 6 nitrogen and oxygen atoms in total. The summed E-state index contributed by atoms with van der Waals surface area (Å²) >= 11 is 0. The summed E-state index contributed by atoms with van der Waals surface area (Å²) in [5, 5.41) is 22.2. The van der Waals surface area contributed by atoms with Gasteiger partial charge < -0.3 is 24.4 Å². The highest BCUT2D eigenvalue weighted by Crippen LogP contribution is 2.33. The van der Waals surface area contributed by atoms with Gasteiger partial charge in [-0.3, -0.25) is 0 Å². The molecule has 0 amide bonds. The fourth-order valence-corrected chi connectivity index (χ4v) is 3.04. The first kappa shape index (κ1) is 24.6. The number of aliphatic hydroxyl groups excluding tert-OH is 1. The molecule has 0 aliphatic carbocycles. The Morgan fingerprint density at radius 3 is 2.18 bits per heavy atom. The predicted molar refractivity (Wildman–Crippen MR) is 108 cm³/mol. The van der Waals surface area contributed by atoms with E-state index in [0.717, 1.165) is 25.7 Å². The SMILES string of the molecule is CCCCC(CC)COC(=O)C(O)(C(OCC)OCC)C(O)c1ccccc1. The molecule has 28 heavy (non-hydrogen) atoms. The highest BCUT2D eigenvalue weighted by molar-refractivity contribution is 5.81. The van der Waals surface area contributed by atoms with Crippen molar-refractivity contribution in [1.82, 2.24) is 0 Å². The molecule has 6 heteroatoms. The van der Waals surface area contributed by atoms with Crippen LogP contribution in [0.25, 0.3) is 0 Å². The van der Waals surface area contributed by atoms with Crippen LogP contribution >= 0.6 is 0 Å². The Morgan fingerprint density at radius 1 is 1.07 bits per heavy atom. The maximum Gasteiger partial charge on any atom is 0.346 e. The van der Waals surface area contributed by atoms with E-state index < -0.39 is 24.0 Å².